The van der Waals surface area contributed by atoms with Crippen LogP contribution >= 0.6 is 27.7 Å². The lowest BCUT2D eigenvalue weighted by Gasteiger charge is -2.25. The molecule has 3 rings (SSSR count). The summed E-state index contributed by atoms with van der Waals surface area (Å²) in [6.07, 6.45) is 2.54. The van der Waals surface area contributed by atoms with Crippen LogP contribution in [-0.2, 0) is 11.3 Å². The predicted octanol–water partition coefficient (Wildman–Crippen LogP) is 3.73. The Hall–Kier alpha value is -2.19. The number of likely N-dealkylation sites (N-methyl/N-ethyl adjacent to an activating group) is 1. The zero-order chi connectivity index (χ0) is 21.5. The first kappa shape index (κ1) is 22.5. The number of nitrogens with zero attached hydrogens (tertiary/aromatic N) is 1. The Morgan fingerprint density at radius 2 is 1.90 bits per heavy atom. The molecule has 2 aromatic rings. The quantitative estimate of drug-likeness (QED) is 0.607. The Balaban J connectivity index is 1.69. The molecule has 1 atom stereocenters. The molecule has 160 valence electrons. The van der Waals surface area contributed by atoms with Crippen LogP contribution in [0.1, 0.15) is 22.3 Å². The van der Waals surface area contributed by atoms with E-state index >= 15 is 0 Å². The third-order valence-corrected chi connectivity index (χ3v) is 6.07. The first-order chi connectivity index (χ1) is 14.5. The number of ether oxygens (including phenoxy) is 2. The molecule has 2 amide bonds. The van der Waals surface area contributed by atoms with Crippen molar-refractivity contribution in [2.24, 2.45) is 0 Å². The number of thioether (sulfide) groups is 1. The second-order valence-corrected chi connectivity index (χ2v) is 8.80. The molecule has 1 unspecified atom stereocenters. The number of hydrogen-bond acceptors (Lipinski definition) is 5. The molecule has 30 heavy (non-hydrogen) atoms. The molecule has 0 aliphatic carbocycles. The number of nitrogens with one attached hydrogen (secondary N) is 1. The summed E-state index contributed by atoms with van der Waals surface area (Å²) in [7, 11) is 1.75. The predicted molar refractivity (Wildman–Crippen MR) is 122 cm³/mol. The van der Waals surface area contributed by atoms with Crippen molar-refractivity contribution >= 4 is 39.5 Å². The van der Waals surface area contributed by atoms with Crippen molar-refractivity contribution in [2.75, 3.05) is 32.3 Å². The van der Waals surface area contributed by atoms with Crippen LogP contribution in [0.5, 0.6) is 11.5 Å². The molecule has 0 radical (unpaired) electrons. The lowest BCUT2D eigenvalue weighted by molar-refractivity contribution is -0.132. The fraction of sp³-hybridized carbons (Fsp3) is 0.364. The van der Waals surface area contributed by atoms with E-state index in [1.54, 1.807) is 35.8 Å². The number of amides is 2. The molecule has 0 saturated carbocycles. The van der Waals surface area contributed by atoms with Gasteiger partial charge in [-0.1, -0.05) is 18.2 Å². The van der Waals surface area contributed by atoms with E-state index in [2.05, 4.69) is 21.2 Å². The molecule has 0 spiro atoms. The number of rotatable bonds is 8. The van der Waals surface area contributed by atoms with E-state index in [4.69, 9.17) is 9.47 Å². The van der Waals surface area contributed by atoms with Crippen molar-refractivity contribution in [3.63, 3.8) is 0 Å². The van der Waals surface area contributed by atoms with Crippen molar-refractivity contribution in [3.05, 3.63) is 58.1 Å². The number of benzene rings is 2. The first-order valence-electron chi connectivity index (χ1n) is 9.67. The van der Waals surface area contributed by atoms with Crippen LogP contribution in [0, 0.1) is 0 Å². The van der Waals surface area contributed by atoms with E-state index in [-0.39, 0.29) is 11.8 Å². The smallest absolute Gasteiger partial charge is 0.253 e. The molecule has 1 aliphatic heterocycles. The number of hydrogen-bond donors (Lipinski definition) is 1. The van der Waals surface area contributed by atoms with Gasteiger partial charge >= 0.3 is 0 Å². The van der Waals surface area contributed by atoms with Crippen molar-refractivity contribution in [1.29, 1.82) is 0 Å². The zero-order valence-corrected chi connectivity index (χ0v) is 19.4. The van der Waals surface area contributed by atoms with Crippen LogP contribution in [-0.4, -0.2) is 55.0 Å². The van der Waals surface area contributed by atoms with E-state index in [0.29, 0.717) is 42.0 Å². The zero-order valence-electron chi connectivity index (χ0n) is 17.0. The van der Waals surface area contributed by atoms with E-state index in [0.717, 1.165) is 17.1 Å². The third-order valence-electron chi connectivity index (χ3n) is 4.74. The summed E-state index contributed by atoms with van der Waals surface area (Å²) in [5.41, 5.74) is 1.45. The molecule has 1 N–H and O–H groups in total. The van der Waals surface area contributed by atoms with E-state index in [1.807, 2.05) is 36.6 Å². The van der Waals surface area contributed by atoms with Gasteiger partial charge in [0.05, 0.1) is 5.56 Å². The Morgan fingerprint density at radius 3 is 2.63 bits per heavy atom. The number of carbonyl (C=O) groups excluding carboxylic acids is 2. The van der Waals surface area contributed by atoms with Gasteiger partial charge in [-0.05, 0) is 64.2 Å². The molecule has 2 aromatic carbocycles. The Bertz CT molecular complexity index is 908. The van der Waals surface area contributed by atoms with Crippen molar-refractivity contribution in [2.45, 2.75) is 19.0 Å². The highest BCUT2D eigenvalue weighted by atomic mass is 79.9. The highest BCUT2D eigenvalue weighted by molar-refractivity contribution is 9.10. The summed E-state index contributed by atoms with van der Waals surface area (Å²) in [4.78, 5) is 27.5. The second kappa shape index (κ2) is 10.7. The van der Waals surface area contributed by atoms with Gasteiger partial charge in [0.15, 0.2) is 11.5 Å². The second-order valence-electron chi connectivity index (χ2n) is 6.96. The minimum Gasteiger partial charge on any atom is -0.486 e. The molecule has 0 fully saturated rings. The maximum atomic E-state index is 13.1. The molecular formula is C22H25BrN2O4S. The van der Waals surface area contributed by atoms with Crippen LogP contribution in [0.2, 0.25) is 0 Å². The van der Waals surface area contributed by atoms with Gasteiger partial charge in [0.25, 0.3) is 5.91 Å². The monoisotopic (exact) mass is 492 g/mol. The van der Waals surface area contributed by atoms with Gasteiger partial charge in [-0.3, -0.25) is 9.59 Å². The Labute approximate surface area is 189 Å². The van der Waals surface area contributed by atoms with Gasteiger partial charge in [-0.2, -0.15) is 11.8 Å². The summed E-state index contributed by atoms with van der Waals surface area (Å²) in [6.45, 7) is 1.47. The summed E-state index contributed by atoms with van der Waals surface area (Å²) in [5, 5.41) is 2.91. The summed E-state index contributed by atoms with van der Waals surface area (Å²) < 4.78 is 11.9. The summed E-state index contributed by atoms with van der Waals surface area (Å²) >= 11 is 5.04. The normalized spacial score (nSPS) is 13.4. The van der Waals surface area contributed by atoms with Crippen LogP contribution in [0.15, 0.2) is 46.9 Å². The molecule has 0 bridgehead atoms. The average Bonchev–Trinajstić information content (AvgIpc) is 2.76. The SMILES string of the molecule is CSCCC(NC(=O)c1ccccc1Br)C(=O)N(C)Cc1ccc2c(c1)OCCO2. The molecule has 1 aliphatic rings. The molecule has 1 heterocycles. The highest BCUT2D eigenvalue weighted by Crippen LogP contribution is 2.31. The molecule has 0 saturated heterocycles. The van der Waals surface area contributed by atoms with Gasteiger partial charge in [0.2, 0.25) is 5.91 Å². The Morgan fingerprint density at radius 1 is 1.17 bits per heavy atom. The molecule has 0 aromatic heterocycles. The Kier molecular flexibility index (Phi) is 8.04. The van der Waals surface area contributed by atoms with Crippen LogP contribution in [0.25, 0.3) is 0 Å². The third kappa shape index (κ3) is 5.70. The van der Waals surface area contributed by atoms with E-state index in [1.165, 1.54) is 0 Å². The lowest BCUT2D eigenvalue weighted by Crippen LogP contribution is -2.47. The minimum absolute atomic E-state index is 0.126. The summed E-state index contributed by atoms with van der Waals surface area (Å²) in [5.74, 6) is 1.79. The van der Waals surface area contributed by atoms with E-state index in [9.17, 15) is 9.59 Å². The number of halogens is 1. The standard InChI is InChI=1S/C22H25BrN2O4S/c1-25(14-15-7-8-19-20(13-15)29-11-10-28-19)22(27)18(9-12-30-2)24-21(26)16-5-3-4-6-17(16)23/h3-8,13,18H,9-12,14H2,1-2H3,(H,24,26). The first-order valence-corrected chi connectivity index (χ1v) is 11.9. The van der Waals surface area contributed by atoms with Gasteiger partial charge in [0, 0.05) is 18.1 Å². The topological polar surface area (TPSA) is 67.9 Å². The van der Waals surface area contributed by atoms with Gasteiger partial charge in [0.1, 0.15) is 19.3 Å². The number of carbonyl (C=O) groups is 2. The molecule has 6 nitrogen and oxygen atoms in total. The van der Waals surface area contributed by atoms with Gasteiger partial charge in [-0.25, -0.2) is 0 Å². The van der Waals surface area contributed by atoms with Crippen LogP contribution in [0.4, 0.5) is 0 Å². The van der Waals surface area contributed by atoms with Crippen molar-refractivity contribution < 1.29 is 19.1 Å². The maximum Gasteiger partial charge on any atom is 0.253 e. The van der Waals surface area contributed by atoms with Gasteiger partial charge in [-0.15, -0.1) is 0 Å². The largest absolute Gasteiger partial charge is 0.486 e. The fourth-order valence-corrected chi connectivity index (χ4v) is 4.11. The summed E-state index contributed by atoms with van der Waals surface area (Å²) in [6, 6.07) is 12.3. The van der Waals surface area contributed by atoms with Crippen LogP contribution in [0.3, 0.4) is 0 Å². The minimum atomic E-state index is -0.598. The number of fused-ring (bicyclic) bond motifs is 1. The highest BCUT2D eigenvalue weighted by Gasteiger charge is 2.25. The fourth-order valence-electron chi connectivity index (χ4n) is 3.18. The van der Waals surface area contributed by atoms with Crippen molar-refractivity contribution in [3.8, 4) is 11.5 Å². The van der Waals surface area contributed by atoms with Crippen molar-refractivity contribution in [1.82, 2.24) is 10.2 Å². The molecule has 8 heteroatoms. The molecular weight excluding hydrogens is 468 g/mol. The van der Waals surface area contributed by atoms with Gasteiger partial charge < -0.3 is 19.7 Å². The van der Waals surface area contributed by atoms with Crippen LogP contribution < -0.4 is 14.8 Å². The lowest BCUT2D eigenvalue weighted by atomic mass is 10.1. The average molecular weight is 493 g/mol. The maximum absolute atomic E-state index is 13.1. The van der Waals surface area contributed by atoms with E-state index < -0.39 is 6.04 Å².